The van der Waals surface area contributed by atoms with Gasteiger partial charge in [0.2, 0.25) is 0 Å². The number of allylic oxidation sites excluding steroid dienone is 3. The molecule has 4 N–H and O–H groups in total. The zero-order valence-corrected chi connectivity index (χ0v) is 20.8. The maximum absolute atomic E-state index is 4.57. The molecule has 160 valence electrons. The molecule has 7 heteroatoms. The van der Waals surface area contributed by atoms with Crippen LogP contribution in [0.5, 0.6) is 0 Å². The molecule has 0 radical (unpaired) electrons. The first-order valence-electron chi connectivity index (χ1n) is 10.6. The standard InChI is InChI=1S/C24H28N6.W/c1-16(6-4-7-20-14-27-23(29-20)17(2)25-3)18-9-11-19(12-10-18)22-15-28-24(30-22)21-8-5-13-26-21;/h4,6,9-12,14-15,17,21,25-26H,1,5,8,13H2,2-3H3,(H,27,29)(H,28,30);/b6-4-;. The van der Waals surface area contributed by atoms with Gasteiger partial charge in [0.1, 0.15) is 0 Å². The summed E-state index contributed by atoms with van der Waals surface area (Å²) in [5.74, 6) is 1.98. The van der Waals surface area contributed by atoms with Gasteiger partial charge in [0.25, 0.3) is 0 Å². The first-order chi connectivity index (χ1) is 15.0. The quantitative estimate of drug-likeness (QED) is 0.304. The van der Waals surface area contributed by atoms with Gasteiger partial charge in [-0.05, 0) is 19.4 Å². The number of hydrogen-bond acceptors (Lipinski definition) is 4. The molecule has 1 fully saturated rings. The Bertz CT molecular complexity index is 1090. The molecule has 0 saturated carbocycles. The molecule has 1 aliphatic heterocycles. The van der Waals surface area contributed by atoms with E-state index in [0.717, 1.165) is 52.7 Å². The SMILES string of the molecule is C=C(/C=C\[C](=[W])c1cnc(C(C)NC)[nH]1)c1ccc(-c2cnc(C3CCCN3)[nH]2)cc1. The van der Waals surface area contributed by atoms with Gasteiger partial charge in [0, 0.05) is 0 Å². The van der Waals surface area contributed by atoms with Gasteiger partial charge in [-0.1, -0.05) is 0 Å². The second-order valence-corrected chi connectivity index (χ2v) is 9.40. The van der Waals surface area contributed by atoms with Gasteiger partial charge in [0.05, 0.1) is 0 Å². The Kier molecular flexibility index (Phi) is 6.91. The minimum atomic E-state index is 0.203. The number of imidazole rings is 2. The van der Waals surface area contributed by atoms with Crippen LogP contribution in [-0.2, 0) is 19.4 Å². The Morgan fingerprint density at radius 2 is 2.00 bits per heavy atom. The first-order valence-corrected chi connectivity index (χ1v) is 12.0. The molecule has 1 aliphatic rings. The second kappa shape index (κ2) is 9.82. The van der Waals surface area contributed by atoms with E-state index in [9.17, 15) is 0 Å². The molecule has 1 saturated heterocycles. The summed E-state index contributed by atoms with van der Waals surface area (Å²) < 4.78 is 1.20. The van der Waals surface area contributed by atoms with E-state index in [2.05, 4.69) is 80.5 Å². The molecule has 3 heterocycles. The van der Waals surface area contributed by atoms with Crippen molar-refractivity contribution in [3.8, 4) is 11.3 Å². The van der Waals surface area contributed by atoms with Crippen LogP contribution in [0.4, 0.5) is 0 Å². The molecule has 0 amide bonds. The predicted molar refractivity (Wildman–Crippen MR) is 122 cm³/mol. The fourth-order valence-corrected chi connectivity index (χ4v) is 4.24. The van der Waals surface area contributed by atoms with Crippen LogP contribution in [0.15, 0.2) is 55.4 Å². The number of benzene rings is 1. The zero-order valence-electron chi connectivity index (χ0n) is 17.9. The summed E-state index contributed by atoms with van der Waals surface area (Å²) in [6.45, 7) is 7.40. The molecule has 2 atom stereocenters. The van der Waals surface area contributed by atoms with Gasteiger partial charge < -0.3 is 5.32 Å². The predicted octanol–water partition coefficient (Wildman–Crippen LogP) is 3.84. The van der Waals surface area contributed by atoms with Gasteiger partial charge in [-0.3, -0.25) is 0 Å². The van der Waals surface area contributed by atoms with E-state index in [0.29, 0.717) is 6.04 Å². The van der Waals surface area contributed by atoms with Crippen molar-refractivity contribution in [1.29, 1.82) is 0 Å². The van der Waals surface area contributed by atoms with Crippen molar-refractivity contribution in [2.75, 3.05) is 13.6 Å². The van der Waals surface area contributed by atoms with Crippen LogP contribution in [-0.4, -0.2) is 37.4 Å². The molecule has 2 aromatic heterocycles. The van der Waals surface area contributed by atoms with E-state index in [1.165, 1.54) is 29.7 Å². The van der Waals surface area contributed by atoms with Gasteiger partial charge in [-0.15, -0.1) is 0 Å². The van der Waals surface area contributed by atoms with Crippen LogP contribution >= 0.6 is 0 Å². The fourth-order valence-electron chi connectivity index (χ4n) is 3.62. The molecule has 0 spiro atoms. The van der Waals surface area contributed by atoms with E-state index in [1.807, 2.05) is 19.4 Å². The fraction of sp³-hybridized carbons (Fsp3) is 0.292. The zero-order chi connectivity index (χ0) is 21.8. The third kappa shape index (κ3) is 5.09. The maximum atomic E-state index is 4.57. The van der Waals surface area contributed by atoms with Crippen molar-refractivity contribution >= 4 is 9.47 Å². The average molecular weight is 584 g/mol. The average Bonchev–Trinajstić information content (AvgIpc) is 3.57. The van der Waals surface area contributed by atoms with Crippen LogP contribution in [0.25, 0.3) is 16.8 Å². The normalized spacial score (nSPS) is 17.3. The van der Waals surface area contributed by atoms with Crippen molar-refractivity contribution < 1.29 is 19.4 Å². The molecule has 1 aromatic carbocycles. The molecule has 2 unspecified atom stereocenters. The monoisotopic (exact) mass is 584 g/mol. The number of rotatable bonds is 8. The molecule has 0 bridgehead atoms. The van der Waals surface area contributed by atoms with Crippen LogP contribution in [0.1, 0.15) is 54.8 Å². The first kappa shape index (κ1) is 21.8. The van der Waals surface area contributed by atoms with Crippen molar-refractivity contribution in [3.05, 3.63) is 78.3 Å². The van der Waals surface area contributed by atoms with Crippen molar-refractivity contribution in [2.45, 2.75) is 31.8 Å². The number of nitrogens with one attached hydrogen (secondary N) is 4. The summed E-state index contributed by atoms with van der Waals surface area (Å²) in [6, 6.07) is 9.02. The Morgan fingerprint density at radius 1 is 1.19 bits per heavy atom. The molecule has 4 rings (SSSR count). The molecular weight excluding hydrogens is 556 g/mol. The molecule has 31 heavy (non-hydrogen) atoms. The van der Waals surface area contributed by atoms with E-state index >= 15 is 0 Å². The Balaban J connectivity index is 1.40. The number of aromatic nitrogens is 4. The number of nitrogens with zero attached hydrogens (tertiary/aromatic N) is 2. The van der Waals surface area contributed by atoms with Crippen LogP contribution < -0.4 is 10.6 Å². The second-order valence-electron chi connectivity index (χ2n) is 7.82. The van der Waals surface area contributed by atoms with Crippen molar-refractivity contribution in [1.82, 2.24) is 30.6 Å². The number of H-pyrrole nitrogens is 2. The summed E-state index contributed by atoms with van der Waals surface area (Å²) in [6.07, 6.45) is 10.4. The van der Waals surface area contributed by atoms with Gasteiger partial charge in [0.15, 0.2) is 0 Å². The number of aromatic amines is 2. The summed E-state index contributed by atoms with van der Waals surface area (Å²) in [5.41, 5.74) is 5.32. The Labute approximate surface area is 194 Å². The van der Waals surface area contributed by atoms with E-state index < -0.39 is 0 Å². The molecule has 6 nitrogen and oxygen atoms in total. The Hall–Kier alpha value is -2.40. The van der Waals surface area contributed by atoms with Crippen LogP contribution in [0.3, 0.4) is 0 Å². The Morgan fingerprint density at radius 3 is 2.71 bits per heavy atom. The van der Waals surface area contributed by atoms with Crippen molar-refractivity contribution in [2.24, 2.45) is 0 Å². The third-order valence-electron chi connectivity index (χ3n) is 5.69. The van der Waals surface area contributed by atoms with Crippen molar-refractivity contribution in [3.63, 3.8) is 0 Å². The molecule has 0 aliphatic carbocycles. The number of hydrogen-bond donors (Lipinski definition) is 4. The summed E-state index contributed by atoms with van der Waals surface area (Å²) >= 11 is 1.38. The van der Waals surface area contributed by atoms with Crippen LogP contribution in [0, 0.1) is 0 Å². The summed E-state index contributed by atoms with van der Waals surface area (Å²) in [5, 5.41) is 6.68. The third-order valence-corrected chi connectivity index (χ3v) is 6.97. The summed E-state index contributed by atoms with van der Waals surface area (Å²) in [4.78, 5) is 15.9. The van der Waals surface area contributed by atoms with E-state index in [4.69, 9.17) is 0 Å². The topological polar surface area (TPSA) is 81.4 Å². The minimum absolute atomic E-state index is 0.203. The molecular formula is C24H28N6W. The summed E-state index contributed by atoms with van der Waals surface area (Å²) in [7, 11) is 1.93. The van der Waals surface area contributed by atoms with Gasteiger partial charge in [-0.2, -0.15) is 0 Å². The van der Waals surface area contributed by atoms with E-state index in [1.54, 1.807) is 0 Å². The van der Waals surface area contributed by atoms with Crippen LogP contribution in [0.2, 0.25) is 0 Å². The van der Waals surface area contributed by atoms with E-state index in [-0.39, 0.29) is 6.04 Å². The molecule has 3 aromatic rings. The van der Waals surface area contributed by atoms with Gasteiger partial charge >= 0.3 is 170 Å². The van der Waals surface area contributed by atoms with Gasteiger partial charge in [-0.25, -0.2) is 0 Å².